The predicted octanol–water partition coefficient (Wildman–Crippen LogP) is 5.50. The van der Waals surface area contributed by atoms with Crippen molar-refractivity contribution in [3.8, 4) is 0 Å². The van der Waals surface area contributed by atoms with Crippen LogP contribution in [0.4, 0.5) is 5.82 Å². The summed E-state index contributed by atoms with van der Waals surface area (Å²) in [4.78, 5) is 4.23. The Morgan fingerprint density at radius 2 is 1.88 bits per heavy atom. The molecule has 0 unspecified atom stereocenters. The van der Waals surface area contributed by atoms with Crippen molar-refractivity contribution in [3.05, 3.63) is 57.7 Å². The smallest absolute Gasteiger partial charge is 0.172 e. The van der Waals surface area contributed by atoms with Gasteiger partial charge >= 0.3 is 0 Å². The molecule has 0 radical (unpaired) electrons. The fourth-order valence-corrected chi connectivity index (χ4v) is 4.01. The van der Waals surface area contributed by atoms with Crippen molar-refractivity contribution in [2.75, 3.05) is 11.9 Å². The van der Waals surface area contributed by atoms with Gasteiger partial charge in [0.1, 0.15) is 0 Å². The van der Waals surface area contributed by atoms with Gasteiger partial charge in [-0.15, -0.1) is 0 Å². The molecular weight excluding hydrogens is 373 g/mol. The maximum Gasteiger partial charge on any atom is 0.172 e. The van der Waals surface area contributed by atoms with Gasteiger partial charge in [0.05, 0.1) is 10.0 Å². The lowest BCUT2D eigenvalue weighted by molar-refractivity contribution is 0.435. The summed E-state index contributed by atoms with van der Waals surface area (Å²) < 4.78 is 0. The van der Waals surface area contributed by atoms with Gasteiger partial charge in [-0.1, -0.05) is 66.4 Å². The highest BCUT2D eigenvalue weighted by Gasteiger charge is 2.35. The minimum absolute atomic E-state index is 0.139. The second-order valence-corrected chi connectivity index (χ2v) is 7.75. The number of thiocarbonyl (C=S) groups is 1. The number of benzene rings is 1. The molecule has 25 heavy (non-hydrogen) atoms. The third kappa shape index (κ3) is 4.08. The van der Waals surface area contributed by atoms with Crippen molar-refractivity contribution >= 4 is 46.4 Å². The zero-order valence-electron chi connectivity index (χ0n) is 14.1. The van der Waals surface area contributed by atoms with Gasteiger partial charge in [-0.25, -0.2) is 4.98 Å². The summed E-state index contributed by atoms with van der Waals surface area (Å²) in [5.41, 5.74) is 2.31. The van der Waals surface area contributed by atoms with E-state index in [2.05, 4.69) is 45.9 Å². The van der Waals surface area contributed by atoms with E-state index >= 15 is 0 Å². The van der Waals surface area contributed by atoms with Crippen LogP contribution in [0.2, 0.25) is 10.0 Å². The first-order chi connectivity index (χ1) is 12.0. The molecule has 0 spiro atoms. The predicted molar refractivity (Wildman–Crippen MR) is 110 cm³/mol. The van der Waals surface area contributed by atoms with Crippen LogP contribution in [0.3, 0.4) is 0 Å². The number of nitrogens with zero attached hydrogens (tertiary/aromatic N) is 1. The van der Waals surface area contributed by atoms with E-state index in [1.807, 2.05) is 6.92 Å². The third-order valence-corrected chi connectivity index (χ3v) is 6.06. The SMILES string of the molecule is Cc1c(Cl)cnc(NC(=S)NCC2(c3ccccc3)CCCC2)c1Cl. The number of hydrogen-bond donors (Lipinski definition) is 2. The molecule has 1 heterocycles. The summed E-state index contributed by atoms with van der Waals surface area (Å²) in [7, 11) is 0. The number of rotatable bonds is 4. The number of aromatic nitrogens is 1. The molecule has 1 aliphatic rings. The molecule has 0 bridgehead atoms. The summed E-state index contributed by atoms with van der Waals surface area (Å²) in [5.74, 6) is 0.529. The monoisotopic (exact) mass is 393 g/mol. The van der Waals surface area contributed by atoms with Crippen LogP contribution in [0.1, 0.15) is 36.8 Å². The number of halogens is 2. The van der Waals surface area contributed by atoms with E-state index in [4.69, 9.17) is 35.4 Å². The van der Waals surface area contributed by atoms with Crippen molar-refractivity contribution in [2.45, 2.75) is 38.0 Å². The van der Waals surface area contributed by atoms with E-state index in [9.17, 15) is 0 Å². The van der Waals surface area contributed by atoms with E-state index < -0.39 is 0 Å². The molecule has 3 rings (SSSR count). The molecule has 0 atom stereocenters. The summed E-state index contributed by atoms with van der Waals surface area (Å²) in [6, 6.07) is 10.7. The van der Waals surface area contributed by atoms with Crippen molar-refractivity contribution in [1.82, 2.24) is 10.3 Å². The van der Waals surface area contributed by atoms with Crippen LogP contribution in [0.15, 0.2) is 36.5 Å². The fraction of sp³-hybridized carbons (Fsp3) is 0.368. The van der Waals surface area contributed by atoms with Crippen molar-refractivity contribution in [1.29, 1.82) is 0 Å². The first-order valence-electron chi connectivity index (χ1n) is 8.43. The Kier molecular flexibility index (Phi) is 5.82. The molecule has 1 fully saturated rings. The van der Waals surface area contributed by atoms with Gasteiger partial charge in [0.2, 0.25) is 0 Å². The lowest BCUT2D eigenvalue weighted by Crippen LogP contribution is -2.40. The van der Waals surface area contributed by atoms with Crippen LogP contribution in [0.5, 0.6) is 0 Å². The Bertz CT molecular complexity index is 759. The van der Waals surface area contributed by atoms with E-state index in [1.54, 1.807) is 6.20 Å². The average Bonchev–Trinajstić information content (AvgIpc) is 3.12. The summed E-state index contributed by atoms with van der Waals surface area (Å²) in [6.45, 7) is 2.66. The normalized spacial score (nSPS) is 15.8. The maximum absolute atomic E-state index is 6.30. The Hall–Kier alpha value is -1.36. The van der Waals surface area contributed by atoms with E-state index in [1.165, 1.54) is 31.2 Å². The highest BCUT2D eigenvalue weighted by molar-refractivity contribution is 7.80. The molecule has 1 aliphatic carbocycles. The molecule has 6 heteroatoms. The van der Waals surface area contributed by atoms with Crippen LogP contribution < -0.4 is 10.6 Å². The van der Waals surface area contributed by atoms with Gasteiger partial charge in [0.25, 0.3) is 0 Å². The van der Waals surface area contributed by atoms with Crippen LogP contribution in [0.25, 0.3) is 0 Å². The lowest BCUT2D eigenvalue weighted by atomic mass is 9.79. The zero-order valence-corrected chi connectivity index (χ0v) is 16.4. The summed E-state index contributed by atoms with van der Waals surface area (Å²) >= 11 is 17.8. The topological polar surface area (TPSA) is 37.0 Å². The highest BCUT2D eigenvalue weighted by atomic mass is 35.5. The molecule has 1 aromatic heterocycles. The second-order valence-electron chi connectivity index (χ2n) is 6.55. The Morgan fingerprint density at radius 1 is 1.20 bits per heavy atom. The van der Waals surface area contributed by atoms with Crippen LogP contribution in [-0.4, -0.2) is 16.6 Å². The molecule has 0 saturated heterocycles. The van der Waals surface area contributed by atoms with Crippen LogP contribution >= 0.6 is 35.4 Å². The molecule has 0 amide bonds. The number of pyridine rings is 1. The Balaban J connectivity index is 1.68. The van der Waals surface area contributed by atoms with E-state index in [-0.39, 0.29) is 5.41 Å². The van der Waals surface area contributed by atoms with Gasteiger partial charge < -0.3 is 10.6 Å². The van der Waals surface area contributed by atoms with Crippen LogP contribution in [-0.2, 0) is 5.41 Å². The molecule has 1 saturated carbocycles. The quantitative estimate of drug-likeness (QED) is 0.672. The van der Waals surface area contributed by atoms with E-state index in [0.717, 1.165) is 12.1 Å². The van der Waals surface area contributed by atoms with Crippen molar-refractivity contribution < 1.29 is 0 Å². The standard InChI is InChI=1S/C19H21Cl2N3S/c1-13-15(20)11-22-17(16(13)21)24-18(25)23-12-19(9-5-6-10-19)14-7-3-2-4-8-14/h2-4,7-8,11H,5-6,9-10,12H2,1H3,(H2,22,23,24,25). The molecule has 2 N–H and O–H groups in total. The number of anilines is 1. The molecule has 3 nitrogen and oxygen atoms in total. The van der Waals surface area contributed by atoms with E-state index in [0.29, 0.717) is 21.0 Å². The Morgan fingerprint density at radius 3 is 2.56 bits per heavy atom. The highest BCUT2D eigenvalue weighted by Crippen LogP contribution is 2.40. The molecule has 132 valence electrons. The molecule has 0 aliphatic heterocycles. The Labute approximate surface area is 164 Å². The van der Waals surface area contributed by atoms with Crippen LogP contribution in [0, 0.1) is 6.92 Å². The average molecular weight is 394 g/mol. The molecular formula is C19H21Cl2N3S. The minimum atomic E-state index is 0.139. The molecule has 1 aromatic carbocycles. The van der Waals surface area contributed by atoms with Gasteiger partial charge in [-0.2, -0.15) is 0 Å². The number of hydrogen-bond acceptors (Lipinski definition) is 2. The second kappa shape index (κ2) is 7.90. The van der Waals surface area contributed by atoms with Crippen molar-refractivity contribution in [2.24, 2.45) is 0 Å². The zero-order chi connectivity index (χ0) is 17.9. The first-order valence-corrected chi connectivity index (χ1v) is 9.59. The maximum atomic E-state index is 6.30. The summed E-state index contributed by atoms with van der Waals surface area (Å²) in [6.07, 6.45) is 6.43. The lowest BCUT2D eigenvalue weighted by Gasteiger charge is -2.30. The van der Waals surface area contributed by atoms with Crippen molar-refractivity contribution in [3.63, 3.8) is 0 Å². The van der Waals surface area contributed by atoms with Gasteiger partial charge in [-0.05, 0) is 43.1 Å². The minimum Gasteiger partial charge on any atom is -0.362 e. The largest absolute Gasteiger partial charge is 0.362 e. The summed E-state index contributed by atoms with van der Waals surface area (Å²) in [5, 5.41) is 8.02. The van der Waals surface area contributed by atoms with Gasteiger partial charge in [-0.3, -0.25) is 0 Å². The fourth-order valence-electron chi connectivity index (χ4n) is 3.46. The van der Waals surface area contributed by atoms with Gasteiger partial charge in [0.15, 0.2) is 10.9 Å². The molecule has 2 aromatic rings. The number of nitrogens with one attached hydrogen (secondary N) is 2. The first kappa shape index (κ1) is 18.4. The third-order valence-electron chi connectivity index (χ3n) is 4.97. The van der Waals surface area contributed by atoms with Gasteiger partial charge in [0, 0.05) is 18.2 Å².